The minimum atomic E-state index is -0.258. The lowest BCUT2D eigenvalue weighted by atomic mass is 10.1. The number of nitrogens with one attached hydrogen (secondary N) is 2. The quantitative estimate of drug-likeness (QED) is 0.505. The van der Waals surface area contributed by atoms with Crippen LogP contribution in [0.15, 0.2) is 60.8 Å². The van der Waals surface area contributed by atoms with Crippen molar-refractivity contribution < 1.29 is 14.3 Å². The van der Waals surface area contributed by atoms with Gasteiger partial charge in [0.05, 0.1) is 29.2 Å². The molecular weight excluding hydrogens is 456 g/mol. The normalized spacial score (nSPS) is 17.3. The van der Waals surface area contributed by atoms with Gasteiger partial charge in [0, 0.05) is 42.3 Å². The Morgan fingerprint density at radius 2 is 1.89 bits per heavy atom. The van der Waals surface area contributed by atoms with Gasteiger partial charge in [0.2, 0.25) is 6.41 Å². The molecule has 36 heavy (non-hydrogen) atoms. The Balaban J connectivity index is 1.35. The number of anilines is 5. The maximum absolute atomic E-state index is 12.8. The molecule has 2 aromatic carbocycles. The molecule has 1 unspecified atom stereocenters. The van der Waals surface area contributed by atoms with E-state index in [0.717, 1.165) is 30.6 Å². The summed E-state index contributed by atoms with van der Waals surface area (Å²) in [6.45, 7) is 3.43. The summed E-state index contributed by atoms with van der Waals surface area (Å²) in [6.07, 6.45) is 4.26. The molecule has 2 amide bonds. The molecule has 3 heterocycles. The second-order valence-corrected chi connectivity index (χ2v) is 8.80. The summed E-state index contributed by atoms with van der Waals surface area (Å²) in [5.74, 6) is 0.363. The van der Waals surface area contributed by atoms with Crippen LogP contribution >= 0.6 is 0 Å². The lowest BCUT2D eigenvalue weighted by molar-refractivity contribution is -0.107. The second kappa shape index (κ2) is 10.1. The number of fused-ring (bicyclic) bond motifs is 1. The minimum absolute atomic E-state index is 0.105. The van der Waals surface area contributed by atoms with Crippen LogP contribution in [0.4, 0.5) is 28.6 Å². The Morgan fingerprint density at radius 1 is 1.11 bits per heavy atom. The van der Waals surface area contributed by atoms with Crippen molar-refractivity contribution in [2.75, 3.05) is 33.6 Å². The van der Waals surface area contributed by atoms with Gasteiger partial charge in [0.1, 0.15) is 12.0 Å². The van der Waals surface area contributed by atoms with Crippen molar-refractivity contribution in [3.63, 3.8) is 0 Å². The molecule has 5 rings (SSSR count). The maximum atomic E-state index is 12.8. The fraction of sp³-hybridized carbons (Fsp3) is 0.259. The van der Waals surface area contributed by atoms with Gasteiger partial charge in [-0.3, -0.25) is 14.5 Å². The predicted molar refractivity (Wildman–Crippen MR) is 137 cm³/mol. The molecule has 9 nitrogen and oxygen atoms in total. The average Bonchev–Trinajstić information content (AvgIpc) is 3.20. The number of carbonyl (C=O) groups is 2. The third-order valence-electron chi connectivity index (χ3n) is 6.59. The number of benzene rings is 2. The highest BCUT2D eigenvalue weighted by Crippen LogP contribution is 2.42. The Labute approximate surface area is 209 Å². The monoisotopic (exact) mass is 482 g/mol. The molecule has 0 radical (unpaired) electrons. The van der Waals surface area contributed by atoms with Crippen LogP contribution in [0.3, 0.4) is 0 Å². The molecule has 0 saturated carbocycles. The Hall–Kier alpha value is -4.42. The van der Waals surface area contributed by atoms with Crippen LogP contribution in [0.1, 0.15) is 35.7 Å². The van der Waals surface area contributed by atoms with Crippen LogP contribution < -0.4 is 20.4 Å². The molecule has 2 N–H and O–H groups in total. The largest absolute Gasteiger partial charge is 0.381 e. The summed E-state index contributed by atoms with van der Waals surface area (Å²) in [5.41, 5.74) is 4.07. The van der Waals surface area contributed by atoms with Gasteiger partial charge < -0.3 is 20.3 Å². The second-order valence-electron chi connectivity index (χ2n) is 8.80. The van der Waals surface area contributed by atoms with Gasteiger partial charge in [-0.1, -0.05) is 6.07 Å². The van der Waals surface area contributed by atoms with Crippen molar-refractivity contribution in [1.29, 1.82) is 5.26 Å². The van der Waals surface area contributed by atoms with E-state index in [1.54, 1.807) is 53.6 Å². The number of rotatable bonds is 6. The number of hydrogen-bond donors (Lipinski definition) is 2. The number of aromatic nitrogens is 1. The average molecular weight is 483 g/mol. The highest BCUT2D eigenvalue weighted by atomic mass is 16.5. The number of nitrogens with zero attached hydrogens (tertiary/aromatic N) is 4. The smallest absolute Gasteiger partial charge is 0.255 e. The van der Waals surface area contributed by atoms with Crippen LogP contribution in [-0.2, 0) is 9.53 Å². The van der Waals surface area contributed by atoms with Crippen molar-refractivity contribution >= 4 is 40.9 Å². The van der Waals surface area contributed by atoms with Crippen LogP contribution in [0.25, 0.3) is 0 Å². The topological polar surface area (TPSA) is 111 Å². The molecule has 0 aliphatic carbocycles. The lowest BCUT2D eigenvalue weighted by Crippen LogP contribution is -2.48. The van der Waals surface area contributed by atoms with Crippen molar-refractivity contribution in [3.05, 3.63) is 71.9 Å². The molecule has 2 aliphatic heterocycles. The van der Waals surface area contributed by atoms with Crippen molar-refractivity contribution in [2.24, 2.45) is 0 Å². The zero-order chi connectivity index (χ0) is 25.1. The van der Waals surface area contributed by atoms with Gasteiger partial charge in [-0.2, -0.15) is 5.26 Å². The van der Waals surface area contributed by atoms with Gasteiger partial charge in [0.25, 0.3) is 5.91 Å². The van der Waals surface area contributed by atoms with E-state index in [2.05, 4.69) is 26.6 Å². The fourth-order valence-corrected chi connectivity index (χ4v) is 4.78. The zero-order valence-electron chi connectivity index (χ0n) is 19.8. The SMILES string of the molecule is CC1N(C=O)c2cnc(Nc3cccc(C(=O)Nc4ccc(C#N)cc4)c3)cc2N1C1CCOCC1. The lowest BCUT2D eigenvalue weighted by Gasteiger charge is -2.36. The highest BCUT2D eigenvalue weighted by molar-refractivity contribution is 6.05. The number of nitriles is 1. The first kappa shape index (κ1) is 23.3. The summed E-state index contributed by atoms with van der Waals surface area (Å²) >= 11 is 0. The molecule has 1 saturated heterocycles. The van der Waals surface area contributed by atoms with E-state index >= 15 is 0 Å². The highest BCUT2D eigenvalue weighted by Gasteiger charge is 2.38. The molecule has 2 aliphatic rings. The summed E-state index contributed by atoms with van der Waals surface area (Å²) in [4.78, 5) is 33.1. The van der Waals surface area contributed by atoms with Gasteiger partial charge in [-0.15, -0.1) is 0 Å². The Morgan fingerprint density at radius 3 is 2.61 bits per heavy atom. The number of amides is 2. The van der Waals surface area contributed by atoms with E-state index in [1.165, 1.54) is 0 Å². The number of ether oxygens (including phenoxy) is 1. The first-order chi connectivity index (χ1) is 17.6. The number of pyridine rings is 1. The molecular formula is C27H26N6O3. The van der Waals surface area contributed by atoms with Crippen LogP contribution in [-0.4, -0.2) is 42.7 Å². The van der Waals surface area contributed by atoms with Crippen LogP contribution in [0.5, 0.6) is 0 Å². The molecule has 1 atom stereocenters. The first-order valence-electron chi connectivity index (χ1n) is 11.9. The fourth-order valence-electron chi connectivity index (χ4n) is 4.78. The summed E-state index contributed by atoms with van der Waals surface area (Å²) < 4.78 is 5.54. The van der Waals surface area contributed by atoms with E-state index in [9.17, 15) is 9.59 Å². The van der Waals surface area contributed by atoms with Crippen molar-refractivity contribution in [2.45, 2.75) is 32.0 Å². The van der Waals surface area contributed by atoms with Crippen molar-refractivity contribution in [1.82, 2.24) is 4.98 Å². The predicted octanol–water partition coefficient (Wildman–Crippen LogP) is 4.26. The molecule has 3 aromatic rings. The molecule has 1 aromatic heterocycles. The minimum Gasteiger partial charge on any atom is -0.381 e. The summed E-state index contributed by atoms with van der Waals surface area (Å²) in [5, 5.41) is 15.1. The maximum Gasteiger partial charge on any atom is 0.255 e. The Kier molecular flexibility index (Phi) is 6.52. The van der Waals surface area contributed by atoms with Gasteiger partial charge >= 0.3 is 0 Å². The molecule has 0 spiro atoms. The van der Waals surface area contributed by atoms with Crippen LogP contribution in [0, 0.1) is 11.3 Å². The van der Waals surface area contributed by atoms with E-state index in [0.29, 0.717) is 41.5 Å². The van der Waals surface area contributed by atoms with Gasteiger partial charge in [-0.25, -0.2) is 4.98 Å². The number of hydrogen-bond acceptors (Lipinski definition) is 7. The van der Waals surface area contributed by atoms with Crippen molar-refractivity contribution in [3.8, 4) is 6.07 Å². The van der Waals surface area contributed by atoms with E-state index in [4.69, 9.17) is 10.00 Å². The molecule has 0 bridgehead atoms. The third-order valence-corrected chi connectivity index (χ3v) is 6.59. The van der Waals surface area contributed by atoms with E-state index < -0.39 is 0 Å². The zero-order valence-corrected chi connectivity index (χ0v) is 19.8. The van der Waals surface area contributed by atoms with E-state index in [1.807, 2.05) is 19.1 Å². The first-order valence-corrected chi connectivity index (χ1v) is 11.9. The molecule has 182 valence electrons. The summed E-state index contributed by atoms with van der Waals surface area (Å²) in [7, 11) is 0. The van der Waals surface area contributed by atoms with Gasteiger partial charge in [-0.05, 0) is 62.2 Å². The molecule has 9 heteroatoms. The third kappa shape index (κ3) is 4.59. The van der Waals surface area contributed by atoms with E-state index in [-0.39, 0.29) is 18.1 Å². The summed E-state index contributed by atoms with van der Waals surface area (Å²) in [6, 6.07) is 18.1. The standard InChI is InChI=1S/C27H26N6O3/c1-18-32(17-34)25-16-29-26(14-24(25)33(18)23-9-11-36-12-10-23)30-22-4-2-3-20(13-22)27(35)31-21-7-5-19(15-28)6-8-21/h2-8,13-14,16-18,23H,9-12H2,1H3,(H,29,30)(H,31,35). The van der Waals surface area contributed by atoms with Crippen LogP contribution in [0.2, 0.25) is 0 Å². The molecule has 1 fully saturated rings. The Bertz CT molecular complexity index is 1310. The number of carbonyl (C=O) groups excluding carboxylic acids is 2. The van der Waals surface area contributed by atoms with Gasteiger partial charge in [0.15, 0.2) is 0 Å².